The minimum absolute atomic E-state index is 0.120. The number of carbonyl (C=O) groups excluding carboxylic acids is 2. The van der Waals surface area contributed by atoms with Crippen molar-refractivity contribution in [2.75, 3.05) is 6.61 Å². The quantitative estimate of drug-likeness (QED) is 0.739. The van der Waals surface area contributed by atoms with Crippen molar-refractivity contribution in [2.45, 2.75) is 25.3 Å². The zero-order valence-corrected chi connectivity index (χ0v) is 15.6. The van der Waals surface area contributed by atoms with Gasteiger partial charge in [0.25, 0.3) is 5.91 Å². The second-order valence-corrected chi connectivity index (χ2v) is 7.22. The van der Waals surface area contributed by atoms with Gasteiger partial charge in [-0.25, -0.2) is 0 Å². The molecule has 0 radical (unpaired) electrons. The number of nitriles is 1. The molecule has 5 nitrogen and oxygen atoms in total. The molecule has 1 saturated carbocycles. The Bertz CT molecular complexity index is 883. The lowest BCUT2D eigenvalue weighted by atomic mass is 9.98. The van der Waals surface area contributed by atoms with Crippen LogP contribution in [0.4, 0.5) is 0 Å². The minimum Gasteiger partial charge on any atom is -0.484 e. The van der Waals surface area contributed by atoms with Crippen LogP contribution in [0.1, 0.15) is 35.7 Å². The Hall–Kier alpha value is -2.84. The summed E-state index contributed by atoms with van der Waals surface area (Å²) in [7, 11) is 0. The highest BCUT2D eigenvalue weighted by atomic mass is 35.5. The predicted molar refractivity (Wildman–Crippen MR) is 102 cm³/mol. The van der Waals surface area contributed by atoms with Gasteiger partial charge in [-0.1, -0.05) is 11.6 Å². The third-order valence-corrected chi connectivity index (χ3v) is 4.87. The van der Waals surface area contributed by atoms with Crippen LogP contribution in [0.25, 0.3) is 0 Å². The van der Waals surface area contributed by atoms with Gasteiger partial charge in [-0.05, 0) is 74.2 Å². The summed E-state index contributed by atoms with van der Waals surface area (Å²) in [5.74, 6) is 0.227. The molecule has 0 spiro atoms. The largest absolute Gasteiger partial charge is 0.484 e. The Morgan fingerprint density at radius 3 is 2.22 bits per heavy atom. The summed E-state index contributed by atoms with van der Waals surface area (Å²) in [4.78, 5) is 24.5. The molecule has 0 saturated heterocycles. The lowest BCUT2D eigenvalue weighted by Gasteiger charge is -2.22. The molecule has 2 aromatic carbocycles. The maximum Gasteiger partial charge on any atom is 0.259 e. The topological polar surface area (TPSA) is 79.2 Å². The van der Waals surface area contributed by atoms with Crippen LogP contribution in [0, 0.1) is 17.2 Å². The molecular formula is C21H19ClN2O3. The van der Waals surface area contributed by atoms with E-state index in [1.165, 1.54) is 0 Å². The summed E-state index contributed by atoms with van der Waals surface area (Å²) >= 11 is 5.84. The zero-order valence-electron chi connectivity index (χ0n) is 14.9. The fraction of sp³-hybridized carbons (Fsp3) is 0.286. The molecule has 1 atom stereocenters. The average Bonchev–Trinajstić information content (AvgIpc) is 3.52. The zero-order chi connectivity index (χ0) is 19.4. The van der Waals surface area contributed by atoms with E-state index in [4.69, 9.17) is 16.3 Å². The van der Waals surface area contributed by atoms with Crippen molar-refractivity contribution >= 4 is 23.3 Å². The highest BCUT2D eigenvalue weighted by Gasteiger charge is 2.43. The lowest BCUT2D eigenvalue weighted by Crippen LogP contribution is -2.48. The number of halogens is 1. The summed E-state index contributed by atoms with van der Waals surface area (Å²) in [5, 5.41) is 12.6. The molecule has 0 heterocycles. The fourth-order valence-corrected chi connectivity index (χ4v) is 2.95. The van der Waals surface area contributed by atoms with Crippen LogP contribution in [0.3, 0.4) is 0 Å². The fourth-order valence-electron chi connectivity index (χ4n) is 2.83. The van der Waals surface area contributed by atoms with E-state index in [2.05, 4.69) is 11.4 Å². The van der Waals surface area contributed by atoms with Gasteiger partial charge in [0.1, 0.15) is 11.3 Å². The number of rotatable bonds is 7. The second-order valence-electron chi connectivity index (χ2n) is 6.79. The molecule has 138 valence electrons. The molecule has 0 unspecified atom stereocenters. The molecule has 1 amide bonds. The highest BCUT2D eigenvalue weighted by molar-refractivity contribution is 6.30. The third kappa shape index (κ3) is 4.66. The molecule has 1 aliphatic rings. The molecule has 3 rings (SSSR count). The maximum absolute atomic E-state index is 12.4. The van der Waals surface area contributed by atoms with E-state index in [1.807, 2.05) is 0 Å². The first-order valence-electron chi connectivity index (χ1n) is 8.67. The van der Waals surface area contributed by atoms with E-state index in [1.54, 1.807) is 55.5 Å². The number of amides is 1. The van der Waals surface area contributed by atoms with Crippen molar-refractivity contribution in [3.63, 3.8) is 0 Å². The molecule has 6 heteroatoms. The number of hydrogen-bond acceptors (Lipinski definition) is 4. The van der Waals surface area contributed by atoms with Gasteiger partial charge in [0.15, 0.2) is 12.4 Å². The standard InChI is InChI=1S/C21H19ClN2O3/c1-21(13-23,16-6-7-16)24-19(25)12-27-18-10-4-15(5-11-18)20(26)14-2-8-17(22)9-3-14/h2-5,8-11,16H,6-7,12H2,1H3,(H,24,25)/t21-/m1/s1. The summed E-state index contributed by atoms with van der Waals surface area (Å²) < 4.78 is 5.46. The van der Waals surface area contributed by atoms with E-state index in [0.29, 0.717) is 21.9 Å². The molecule has 2 aromatic rings. The number of carbonyl (C=O) groups is 2. The van der Waals surface area contributed by atoms with E-state index >= 15 is 0 Å². The smallest absolute Gasteiger partial charge is 0.259 e. The van der Waals surface area contributed by atoms with Crippen molar-refractivity contribution in [3.8, 4) is 11.8 Å². The number of ether oxygens (including phenoxy) is 1. The van der Waals surface area contributed by atoms with Crippen LogP contribution < -0.4 is 10.1 Å². The number of benzene rings is 2. The Morgan fingerprint density at radius 2 is 1.70 bits per heavy atom. The summed E-state index contributed by atoms with van der Waals surface area (Å²) in [5.41, 5.74) is 0.221. The molecule has 1 aliphatic carbocycles. The minimum atomic E-state index is -0.838. The van der Waals surface area contributed by atoms with E-state index < -0.39 is 5.54 Å². The van der Waals surface area contributed by atoms with Gasteiger partial charge in [0, 0.05) is 16.1 Å². The van der Waals surface area contributed by atoms with Gasteiger partial charge in [-0.2, -0.15) is 5.26 Å². The van der Waals surface area contributed by atoms with Crippen LogP contribution in [0.2, 0.25) is 5.02 Å². The van der Waals surface area contributed by atoms with Gasteiger partial charge in [0.2, 0.25) is 0 Å². The first-order chi connectivity index (χ1) is 12.9. The lowest BCUT2D eigenvalue weighted by molar-refractivity contribution is -0.124. The Kier molecular flexibility index (Phi) is 5.48. The molecule has 0 aromatic heterocycles. The van der Waals surface area contributed by atoms with Crippen molar-refractivity contribution in [2.24, 2.45) is 5.92 Å². The van der Waals surface area contributed by atoms with Crippen LogP contribution in [-0.2, 0) is 4.79 Å². The summed E-state index contributed by atoms with van der Waals surface area (Å²) in [6, 6.07) is 15.4. The number of nitrogens with one attached hydrogen (secondary N) is 1. The number of hydrogen-bond donors (Lipinski definition) is 1. The molecular weight excluding hydrogens is 364 g/mol. The van der Waals surface area contributed by atoms with E-state index in [0.717, 1.165) is 12.8 Å². The van der Waals surface area contributed by atoms with Gasteiger partial charge >= 0.3 is 0 Å². The van der Waals surface area contributed by atoms with Crippen LogP contribution >= 0.6 is 11.6 Å². The van der Waals surface area contributed by atoms with Gasteiger partial charge in [0.05, 0.1) is 6.07 Å². The Morgan fingerprint density at radius 1 is 1.15 bits per heavy atom. The third-order valence-electron chi connectivity index (χ3n) is 4.62. The molecule has 0 bridgehead atoms. The van der Waals surface area contributed by atoms with E-state index in [9.17, 15) is 14.9 Å². The van der Waals surface area contributed by atoms with Crippen molar-refractivity contribution in [3.05, 3.63) is 64.7 Å². The van der Waals surface area contributed by atoms with Crippen LogP contribution in [0.5, 0.6) is 5.75 Å². The summed E-state index contributed by atoms with van der Waals surface area (Å²) in [6.07, 6.45) is 1.91. The SMILES string of the molecule is C[C@](C#N)(NC(=O)COc1ccc(C(=O)c2ccc(Cl)cc2)cc1)C1CC1. The molecule has 0 aliphatic heterocycles. The van der Waals surface area contributed by atoms with Crippen molar-refractivity contribution < 1.29 is 14.3 Å². The maximum atomic E-state index is 12.4. The van der Waals surface area contributed by atoms with E-state index in [-0.39, 0.29) is 24.2 Å². The number of ketones is 1. The van der Waals surface area contributed by atoms with Crippen molar-refractivity contribution in [1.82, 2.24) is 5.32 Å². The normalized spacial score (nSPS) is 15.3. The molecule has 1 N–H and O–H groups in total. The average molecular weight is 383 g/mol. The van der Waals surface area contributed by atoms with Crippen LogP contribution in [0.15, 0.2) is 48.5 Å². The summed E-state index contributed by atoms with van der Waals surface area (Å²) in [6.45, 7) is 1.55. The Balaban J connectivity index is 1.56. The molecule has 1 fully saturated rings. The second kappa shape index (κ2) is 7.81. The Labute approximate surface area is 162 Å². The van der Waals surface area contributed by atoms with Gasteiger partial charge < -0.3 is 10.1 Å². The first kappa shape index (κ1) is 18.9. The predicted octanol–water partition coefficient (Wildman–Crippen LogP) is 3.76. The van der Waals surface area contributed by atoms with Crippen molar-refractivity contribution in [1.29, 1.82) is 5.26 Å². The first-order valence-corrected chi connectivity index (χ1v) is 9.04. The molecule has 27 heavy (non-hydrogen) atoms. The highest BCUT2D eigenvalue weighted by Crippen LogP contribution is 2.39. The number of nitrogens with zero attached hydrogens (tertiary/aromatic N) is 1. The van der Waals surface area contributed by atoms with Crippen LogP contribution in [-0.4, -0.2) is 23.8 Å². The van der Waals surface area contributed by atoms with Gasteiger partial charge in [-0.3, -0.25) is 9.59 Å². The monoisotopic (exact) mass is 382 g/mol. The van der Waals surface area contributed by atoms with Gasteiger partial charge in [-0.15, -0.1) is 0 Å².